The monoisotopic (exact) mass is 612 g/mol. The summed E-state index contributed by atoms with van der Waals surface area (Å²) in [4.78, 5) is 0. The number of hydrogen-bond donors (Lipinski definition) is 0. The summed E-state index contributed by atoms with van der Waals surface area (Å²) in [5.41, 5.74) is 11.5. The van der Waals surface area contributed by atoms with Gasteiger partial charge in [0.15, 0.2) is 0 Å². The number of hydrogen-bond acceptors (Lipinski definition) is 1. The molecule has 0 aliphatic heterocycles. The number of furan rings is 1. The lowest BCUT2D eigenvalue weighted by molar-refractivity contribution is 0.665. The normalized spacial score (nSPS) is 11.9. The highest BCUT2D eigenvalue weighted by molar-refractivity contribution is 6.23. The van der Waals surface area contributed by atoms with E-state index in [2.05, 4.69) is 165 Å². The van der Waals surface area contributed by atoms with Gasteiger partial charge in [0.05, 0.1) is 0 Å². The molecule has 1 heterocycles. The smallest absolute Gasteiger partial charge is 0.138 e. The number of fused-ring (bicyclic) bond motifs is 6. The molecule has 0 spiro atoms. The quantitative estimate of drug-likeness (QED) is 0.139. The second-order valence-corrected chi connectivity index (χ2v) is 12.5. The maximum Gasteiger partial charge on any atom is 0.138 e. The minimum atomic E-state index is 0.899. The molecular weight excluding hydrogens is 581 g/mol. The van der Waals surface area contributed by atoms with Crippen LogP contribution in [0.3, 0.4) is 0 Å². The summed E-state index contributed by atoms with van der Waals surface area (Å²) in [6.07, 6.45) is 5.85. The molecular formula is C47H32O. The lowest BCUT2D eigenvalue weighted by atomic mass is 9.83. The van der Waals surface area contributed by atoms with Crippen molar-refractivity contribution in [3.63, 3.8) is 0 Å². The topological polar surface area (TPSA) is 13.1 Å². The third kappa shape index (κ3) is 4.32. The van der Waals surface area contributed by atoms with Crippen molar-refractivity contribution in [2.75, 3.05) is 0 Å². The zero-order valence-corrected chi connectivity index (χ0v) is 26.7. The van der Waals surface area contributed by atoms with Crippen LogP contribution in [0.2, 0.25) is 0 Å². The van der Waals surface area contributed by atoms with Crippen LogP contribution in [-0.4, -0.2) is 0 Å². The van der Waals surface area contributed by atoms with Gasteiger partial charge in [0, 0.05) is 10.8 Å². The molecule has 8 aromatic carbocycles. The van der Waals surface area contributed by atoms with Gasteiger partial charge in [-0.1, -0.05) is 152 Å². The molecule has 48 heavy (non-hydrogen) atoms. The van der Waals surface area contributed by atoms with Crippen molar-refractivity contribution in [2.45, 2.75) is 6.92 Å². The van der Waals surface area contributed by atoms with E-state index in [0.717, 1.165) is 33.1 Å². The van der Waals surface area contributed by atoms with Crippen LogP contribution in [0.1, 0.15) is 11.1 Å². The fourth-order valence-corrected chi connectivity index (χ4v) is 7.62. The molecule has 1 nitrogen and oxygen atoms in total. The number of allylic oxidation sites excluding steroid dienone is 2. The molecule has 1 aromatic heterocycles. The highest BCUT2D eigenvalue weighted by atomic mass is 16.3. The van der Waals surface area contributed by atoms with Crippen molar-refractivity contribution in [1.29, 1.82) is 0 Å². The summed E-state index contributed by atoms with van der Waals surface area (Å²) in [6.45, 7) is 5.95. The maximum absolute atomic E-state index is 6.47. The minimum Gasteiger partial charge on any atom is -0.456 e. The van der Waals surface area contributed by atoms with Gasteiger partial charge >= 0.3 is 0 Å². The Bertz CT molecular complexity index is 2690. The molecule has 0 radical (unpaired) electrons. The van der Waals surface area contributed by atoms with Crippen LogP contribution in [0.4, 0.5) is 0 Å². The Balaban J connectivity index is 1.32. The maximum atomic E-state index is 6.47. The Kier molecular flexibility index (Phi) is 6.59. The highest BCUT2D eigenvalue weighted by Crippen LogP contribution is 2.47. The second-order valence-electron chi connectivity index (χ2n) is 12.5. The van der Waals surface area contributed by atoms with E-state index >= 15 is 0 Å². The largest absolute Gasteiger partial charge is 0.456 e. The summed E-state index contributed by atoms with van der Waals surface area (Å²) >= 11 is 0. The van der Waals surface area contributed by atoms with E-state index in [4.69, 9.17) is 4.42 Å². The van der Waals surface area contributed by atoms with E-state index in [-0.39, 0.29) is 0 Å². The minimum absolute atomic E-state index is 0.899. The Morgan fingerprint density at radius 1 is 0.500 bits per heavy atom. The van der Waals surface area contributed by atoms with E-state index in [0.29, 0.717) is 0 Å². The lowest BCUT2D eigenvalue weighted by Crippen LogP contribution is -1.93. The van der Waals surface area contributed by atoms with E-state index in [9.17, 15) is 0 Å². The van der Waals surface area contributed by atoms with Crippen molar-refractivity contribution in [1.82, 2.24) is 0 Å². The second kappa shape index (κ2) is 11.3. The molecule has 9 rings (SSSR count). The third-order valence-corrected chi connectivity index (χ3v) is 9.84. The number of aryl methyl sites for hydroxylation is 1. The summed E-state index contributed by atoms with van der Waals surface area (Å²) in [6, 6.07) is 53.0. The predicted molar refractivity (Wildman–Crippen MR) is 207 cm³/mol. The molecule has 0 unspecified atom stereocenters. The first-order valence-electron chi connectivity index (χ1n) is 16.5. The predicted octanol–water partition coefficient (Wildman–Crippen LogP) is 13.6. The van der Waals surface area contributed by atoms with Crippen LogP contribution in [-0.2, 0) is 0 Å². The first-order valence-corrected chi connectivity index (χ1v) is 16.5. The van der Waals surface area contributed by atoms with E-state index in [1.165, 1.54) is 65.7 Å². The molecule has 0 aliphatic carbocycles. The Labute approximate surface area is 279 Å². The first kappa shape index (κ1) is 28.1. The average Bonchev–Trinajstić information content (AvgIpc) is 3.52. The fraction of sp³-hybridized carbons (Fsp3) is 0.0213. The van der Waals surface area contributed by atoms with Gasteiger partial charge in [-0.3, -0.25) is 0 Å². The van der Waals surface area contributed by atoms with E-state index < -0.39 is 0 Å². The van der Waals surface area contributed by atoms with Gasteiger partial charge in [0.2, 0.25) is 0 Å². The van der Waals surface area contributed by atoms with Crippen LogP contribution in [0.5, 0.6) is 0 Å². The molecule has 0 fully saturated rings. The standard InChI is InChI=1S/C47H32O/c1-3-4-14-31-25-27-42-43-29-33(26-28-44(43)48-47(42)30(31)2)45-38-20-9-11-22-40(38)46(41-23-12-10-21-39(41)45)37-19-8-7-18-36(37)35-24-13-16-32-15-5-6-17-34(32)35/h3-29H,1H2,2H3/b14-4-. The Morgan fingerprint density at radius 2 is 1.10 bits per heavy atom. The van der Waals surface area contributed by atoms with Crippen LogP contribution in [0, 0.1) is 6.92 Å². The van der Waals surface area contributed by atoms with Crippen LogP contribution in [0.25, 0.3) is 93.7 Å². The Morgan fingerprint density at radius 3 is 1.83 bits per heavy atom. The summed E-state index contributed by atoms with van der Waals surface area (Å²) in [5.74, 6) is 0. The third-order valence-electron chi connectivity index (χ3n) is 9.84. The Hall–Kier alpha value is -6.18. The summed E-state index contributed by atoms with van der Waals surface area (Å²) in [7, 11) is 0. The average molecular weight is 613 g/mol. The van der Waals surface area contributed by atoms with Gasteiger partial charge in [-0.15, -0.1) is 0 Å². The number of rotatable bonds is 5. The van der Waals surface area contributed by atoms with Crippen molar-refractivity contribution in [3.05, 3.63) is 175 Å². The van der Waals surface area contributed by atoms with Crippen molar-refractivity contribution in [3.8, 4) is 33.4 Å². The van der Waals surface area contributed by atoms with Crippen molar-refractivity contribution < 1.29 is 4.42 Å². The highest BCUT2D eigenvalue weighted by Gasteiger charge is 2.20. The molecule has 0 aliphatic rings. The molecule has 1 heteroatoms. The molecule has 0 N–H and O–H groups in total. The van der Waals surface area contributed by atoms with Crippen LogP contribution >= 0.6 is 0 Å². The van der Waals surface area contributed by atoms with E-state index in [1.807, 2.05) is 6.08 Å². The molecule has 226 valence electrons. The number of benzene rings is 8. The lowest BCUT2D eigenvalue weighted by Gasteiger charge is -2.20. The van der Waals surface area contributed by atoms with Crippen LogP contribution in [0.15, 0.2) is 169 Å². The fourth-order valence-electron chi connectivity index (χ4n) is 7.62. The summed E-state index contributed by atoms with van der Waals surface area (Å²) in [5, 5.41) is 9.72. The molecule has 0 saturated heterocycles. The molecule has 0 saturated carbocycles. The van der Waals surface area contributed by atoms with Gasteiger partial charge in [-0.25, -0.2) is 0 Å². The van der Waals surface area contributed by atoms with Gasteiger partial charge in [0.25, 0.3) is 0 Å². The van der Waals surface area contributed by atoms with E-state index in [1.54, 1.807) is 6.08 Å². The van der Waals surface area contributed by atoms with Gasteiger partial charge in [-0.2, -0.15) is 0 Å². The SMILES string of the molecule is C=C/C=C\c1ccc2c(oc3ccc(-c4c5ccccc5c(-c5ccccc5-c5cccc6ccccc56)c5ccccc45)cc32)c1C. The molecule has 0 atom stereocenters. The van der Waals surface area contributed by atoms with Gasteiger partial charge in [0.1, 0.15) is 11.2 Å². The van der Waals surface area contributed by atoms with Crippen LogP contribution < -0.4 is 0 Å². The van der Waals surface area contributed by atoms with Crippen molar-refractivity contribution >= 4 is 60.3 Å². The van der Waals surface area contributed by atoms with Gasteiger partial charge < -0.3 is 4.42 Å². The van der Waals surface area contributed by atoms with Gasteiger partial charge in [-0.05, 0) is 102 Å². The first-order chi connectivity index (χ1) is 23.7. The zero-order chi connectivity index (χ0) is 32.2. The summed E-state index contributed by atoms with van der Waals surface area (Å²) < 4.78 is 6.47. The molecule has 0 bridgehead atoms. The molecule has 0 amide bonds. The van der Waals surface area contributed by atoms with Crippen molar-refractivity contribution in [2.24, 2.45) is 0 Å². The zero-order valence-electron chi connectivity index (χ0n) is 26.7. The molecule has 9 aromatic rings.